The number of anilines is 1. The van der Waals surface area contributed by atoms with E-state index in [-0.39, 0.29) is 17.0 Å². The van der Waals surface area contributed by atoms with E-state index in [9.17, 15) is 15.0 Å². The van der Waals surface area contributed by atoms with E-state index in [1.807, 2.05) is 6.07 Å². The summed E-state index contributed by atoms with van der Waals surface area (Å²) in [5.41, 5.74) is 0.436. The Labute approximate surface area is 231 Å². The summed E-state index contributed by atoms with van der Waals surface area (Å²) in [6, 6.07) is 6.96. The second-order valence-corrected chi connectivity index (χ2v) is 9.96. The maximum Gasteiger partial charge on any atom is 0.142 e. The lowest BCUT2D eigenvalue weighted by molar-refractivity contribution is -0.932. The zero-order chi connectivity index (χ0) is 25.6. The molecule has 1 aliphatic rings. The fourth-order valence-electron chi connectivity index (χ4n) is 4.88. The molecule has 0 saturated carbocycles. The minimum absolute atomic E-state index is 0. The molecule has 210 valence electrons. The molecule has 0 radical (unpaired) electrons. The van der Waals surface area contributed by atoms with Crippen LogP contribution in [0.1, 0.15) is 104 Å². The van der Waals surface area contributed by atoms with Gasteiger partial charge in [-0.3, -0.25) is 0 Å². The Bertz CT molecular complexity index is 648. The largest absolute Gasteiger partial charge is 1.00 e. The number of nitrogens with one attached hydrogen (secondary N) is 1. The maximum atomic E-state index is 10.5. The number of para-hydroxylation sites is 2. The van der Waals surface area contributed by atoms with Gasteiger partial charge in [-0.05, 0) is 50.7 Å². The quantitative estimate of drug-likeness (QED) is 0.222. The first-order chi connectivity index (χ1) is 17.1. The van der Waals surface area contributed by atoms with Crippen molar-refractivity contribution in [1.29, 1.82) is 0 Å². The normalized spacial score (nSPS) is 14.2. The third-order valence-corrected chi connectivity index (χ3v) is 6.95. The van der Waals surface area contributed by atoms with E-state index in [1.54, 1.807) is 18.2 Å². The number of benzene rings is 1. The van der Waals surface area contributed by atoms with Crippen LogP contribution in [0.3, 0.4) is 0 Å². The summed E-state index contributed by atoms with van der Waals surface area (Å²) in [6.45, 7) is 10.4. The predicted molar refractivity (Wildman–Crippen MR) is 144 cm³/mol. The van der Waals surface area contributed by atoms with Crippen LogP contribution >= 0.6 is 0 Å². The number of carbonyl (C=O) groups is 1. The molecule has 0 atom stereocenters. The Hall–Kier alpha value is -1.31. The topological polar surface area (TPSA) is 81.6 Å². The summed E-state index contributed by atoms with van der Waals surface area (Å²) >= 11 is 0. The van der Waals surface area contributed by atoms with Crippen molar-refractivity contribution in [2.45, 2.75) is 104 Å². The van der Waals surface area contributed by atoms with Crippen molar-refractivity contribution >= 4 is 11.8 Å². The Morgan fingerprint density at radius 3 is 2.08 bits per heavy atom. The minimum Gasteiger partial charge on any atom is -1.00 e. The van der Waals surface area contributed by atoms with Crippen LogP contribution in [0.15, 0.2) is 24.3 Å². The van der Waals surface area contributed by atoms with Gasteiger partial charge < -0.3 is 46.5 Å². The molecule has 0 unspecified atom stereocenters. The minimum atomic E-state index is -1.33. The second-order valence-electron chi connectivity index (χ2n) is 9.96. The molecule has 6 nitrogen and oxygen atoms in total. The molecule has 2 N–H and O–H groups in total. The van der Waals surface area contributed by atoms with Crippen molar-refractivity contribution in [3.05, 3.63) is 24.3 Å². The van der Waals surface area contributed by atoms with Crippen LogP contribution in [0.4, 0.5) is 10.5 Å². The SMILES string of the molecule is CCCCCCCC[N+]1(CCO)CCCCC1.CCCCCCCOc1ccccc1NC(=O)[O-].[Br-]. The molecule has 1 saturated heterocycles. The van der Waals surface area contributed by atoms with Gasteiger partial charge in [-0.1, -0.05) is 77.3 Å². The maximum absolute atomic E-state index is 10.5. The highest BCUT2D eigenvalue weighted by Gasteiger charge is 2.28. The molecule has 7 heteroatoms. The summed E-state index contributed by atoms with van der Waals surface area (Å²) < 4.78 is 6.78. The van der Waals surface area contributed by atoms with Gasteiger partial charge in [-0.2, -0.15) is 0 Å². The van der Waals surface area contributed by atoms with Crippen LogP contribution in [0, 0.1) is 0 Å². The first-order valence-electron chi connectivity index (χ1n) is 14.2. The number of aliphatic hydroxyl groups is 1. The number of hydrogen-bond donors (Lipinski definition) is 2. The summed E-state index contributed by atoms with van der Waals surface area (Å²) in [4.78, 5) is 10.5. The van der Waals surface area contributed by atoms with Gasteiger partial charge in [0.1, 0.15) is 18.4 Å². The molecule has 1 fully saturated rings. The number of rotatable bonds is 17. The molecule has 1 heterocycles. The van der Waals surface area contributed by atoms with Gasteiger partial charge in [-0.15, -0.1) is 0 Å². The van der Waals surface area contributed by atoms with Crippen LogP contribution < -0.4 is 32.1 Å². The van der Waals surface area contributed by atoms with Crippen LogP contribution in [0.5, 0.6) is 5.75 Å². The van der Waals surface area contributed by atoms with E-state index < -0.39 is 6.09 Å². The molecule has 1 amide bonds. The lowest BCUT2D eigenvalue weighted by atomic mass is 10.1. The zero-order valence-corrected chi connectivity index (χ0v) is 24.5. The highest BCUT2D eigenvalue weighted by molar-refractivity contribution is 5.83. The van der Waals surface area contributed by atoms with E-state index in [4.69, 9.17) is 4.74 Å². The van der Waals surface area contributed by atoms with Gasteiger partial charge in [0.05, 0.1) is 38.5 Å². The van der Waals surface area contributed by atoms with Gasteiger partial charge in [0.15, 0.2) is 0 Å². The number of halogens is 1. The summed E-state index contributed by atoms with van der Waals surface area (Å²) in [5.74, 6) is 0.553. The Morgan fingerprint density at radius 2 is 1.47 bits per heavy atom. The molecule has 36 heavy (non-hydrogen) atoms. The number of amides is 1. The highest BCUT2D eigenvalue weighted by atomic mass is 79.9. The zero-order valence-electron chi connectivity index (χ0n) is 22.9. The Kier molecular flexibility index (Phi) is 22.0. The summed E-state index contributed by atoms with van der Waals surface area (Å²) in [6.07, 6.45) is 17.0. The lowest BCUT2D eigenvalue weighted by Gasteiger charge is -2.41. The first-order valence-corrected chi connectivity index (χ1v) is 14.2. The van der Waals surface area contributed by atoms with Crippen molar-refractivity contribution in [1.82, 2.24) is 0 Å². The van der Waals surface area contributed by atoms with Crippen LogP contribution in [0.25, 0.3) is 0 Å². The summed E-state index contributed by atoms with van der Waals surface area (Å²) in [5, 5.41) is 21.9. The van der Waals surface area contributed by atoms with Crippen LogP contribution in [-0.2, 0) is 0 Å². The molecule has 1 aromatic carbocycles. The van der Waals surface area contributed by atoms with Gasteiger partial charge in [0.25, 0.3) is 0 Å². The average Bonchev–Trinajstić information content (AvgIpc) is 2.85. The third-order valence-electron chi connectivity index (χ3n) is 6.95. The molecule has 1 aromatic rings. The fraction of sp³-hybridized carbons (Fsp3) is 0.759. The van der Waals surface area contributed by atoms with Crippen LogP contribution in [0.2, 0.25) is 0 Å². The van der Waals surface area contributed by atoms with Crippen LogP contribution in [-0.4, -0.2) is 55.1 Å². The van der Waals surface area contributed by atoms with Crippen molar-refractivity contribution in [2.75, 3.05) is 44.7 Å². The third kappa shape index (κ3) is 16.4. The smallest absolute Gasteiger partial charge is 0.142 e. The number of hydrogen-bond acceptors (Lipinski definition) is 4. The molecule has 0 bridgehead atoms. The van der Waals surface area contributed by atoms with Crippen molar-refractivity contribution in [2.24, 2.45) is 0 Å². The monoisotopic (exact) mass is 571 g/mol. The van der Waals surface area contributed by atoms with E-state index in [2.05, 4.69) is 19.2 Å². The van der Waals surface area contributed by atoms with Crippen molar-refractivity contribution in [3.63, 3.8) is 0 Å². The molecule has 0 aliphatic carbocycles. The van der Waals surface area contributed by atoms with E-state index in [0.29, 0.717) is 24.7 Å². The molecular weight excluding hydrogens is 520 g/mol. The number of nitrogens with zero attached hydrogens (tertiary/aromatic N) is 1. The van der Waals surface area contributed by atoms with Crippen molar-refractivity contribution < 1.29 is 41.2 Å². The molecule has 0 aromatic heterocycles. The average molecular weight is 573 g/mol. The van der Waals surface area contributed by atoms with Gasteiger partial charge >= 0.3 is 0 Å². The Morgan fingerprint density at radius 1 is 0.889 bits per heavy atom. The number of carbonyl (C=O) groups excluding carboxylic acids is 1. The molecule has 2 rings (SSSR count). The van der Waals surface area contributed by atoms with E-state index in [0.717, 1.165) is 19.4 Å². The number of piperidine rings is 1. The van der Waals surface area contributed by atoms with Gasteiger partial charge in [-0.25, -0.2) is 0 Å². The van der Waals surface area contributed by atoms with Gasteiger partial charge in [0, 0.05) is 0 Å². The van der Waals surface area contributed by atoms with Crippen molar-refractivity contribution in [3.8, 4) is 5.75 Å². The fourth-order valence-corrected chi connectivity index (χ4v) is 4.88. The lowest BCUT2D eigenvalue weighted by Crippen LogP contribution is -3.00. The molecule has 0 spiro atoms. The number of unbranched alkanes of at least 4 members (excludes halogenated alkanes) is 9. The number of ether oxygens (including phenoxy) is 1. The van der Waals surface area contributed by atoms with E-state index >= 15 is 0 Å². The first kappa shape index (κ1) is 34.7. The number of likely N-dealkylation sites (tertiary alicyclic amines) is 1. The number of carboxylic acid groups (broad SMARTS) is 1. The molecular formula is C29H52BrN2O4-. The number of quaternary nitrogens is 1. The van der Waals surface area contributed by atoms with E-state index in [1.165, 1.54) is 101 Å². The number of aliphatic hydroxyl groups excluding tert-OH is 1. The second kappa shape index (κ2) is 22.9. The molecule has 1 aliphatic heterocycles. The summed E-state index contributed by atoms with van der Waals surface area (Å²) in [7, 11) is 0. The Balaban J connectivity index is 0.000000663. The standard InChI is InChI=1S/C15H32NO.C14H21NO3.BrH/c1-2-3-4-5-6-8-11-16(14-15-17)12-9-7-10-13-16;1-2-3-4-5-8-11-18-13-10-7-6-9-12(13)15-14(16)17;/h17H,2-15H2,1H3;6-7,9-10,15H,2-5,8,11H2,1H3,(H,16,17);1H/q+1;;/p-2. The predicted octanol–water partition coefficient (Wildman–Crippen LogP) is 3.13. The van der Waals surface area contributed by atoms with Gasteiger partial charge in [0.2, 0.25) is 0 Å². The highest BCUT2D eigenvalue weighted by Crippen LogP contribution is 2.24.